The van der Waals surface area contributed by atoms with E-state index in [9.17, 15) is 9.59 Å². The van der Waals surface area contributed by atoms with Crippen molar-refractivity contribution in [1.29, 1.82) is 0 Å². The average molecular weight is 355 g/mol. The highest BCUT2D eigenvalue weighted by Gasteiger charge is 2.11. The van der Waals surface area contributed by atoms with Gasteiger partial charge in [0.25, 0.3) is 0 Å². The fraction of sp³-hybridized carbons (Fsp3) is 0.231. The maximum Gasteiger partial charge on any atom is 0.413 e. The van der Waals surface area contributed by atoms with Crippen LogP contribution in [0, 0.1) is 3.95 Å². The quantitative estimate of drug-likeness (QED) is 0.656. The number of rotatable bonds is 5. The molecule has 0 saturated heterocycles. The minimum absolute atomic E-state index is 0.0654. The molecule has 2 rings (SSSR count). The molecule has 9 heteroatoms. The van der Waals surface area contributed by atoms with Gasteiger partial charge in [-0.2, -0.15) is 0 Å². The first-order valence-corrected chi connectivity index (χ1v) is 8.56. The van der Waals surface area contributed by atoms with Crippen molar-refractivity contribution in [3.05, 3.63) is 34.3 Å². The second-order valence-corrected chi connectivity index (χ2v) is 6.78. The Morgan fingerprint density at radius 2 is 2.14 bits per heavy atom. The summed E-state index contributed by atoms with van der Waals surface area (Å²) in [5, 5.41) is 6.49. The average Bonchev–Trinajstić information content (AvgIpc) is 2.87. The van der Waals surface area contributed by atoms with Crippen molar-refractivity contribution in [2.75, 3.05) is 12.4 Å². The van der Waals surface area contributed by atoms with E-state index in [0.29, 0.717) is 8.29 Å². The number of hydrogen-bond donors (Lipinski definition) is 1. The zero-order chi connectivity index (χ0) is 15.9. The van der Waals surface area contributed by atoms with Crippen LogP contribution in [0.3, 0.4) is 0 Å². The Balaban J connectivity index is 1.96. The molecule has 1 aromatic carbocycles. The summed E-state index contributed by atoms with van der Waals surface area (Å²) < 4.78 is 7.53. The van der Waals surface area contributed by atoms with Crippen molar-refractivity contribution in [1.82, 2.24) is 15.1 Å². The van der Waals surface area contributed by atoms with Crippen LogP contribution in [-0.4, -0.2) is 34.1 Å². The summed E-state index contributed by atoms with van der Waals surface area (Å²) in [5.41, 5.74) is 0.867. The predicted molar refractivity (Wildman–Crippen MR) is 88.2 cm³/mol. The third-order valence-electron chi connectivity index (χ3n) is 2.37. The second-order valence-electron chi connectivity index (χ2n) is 3.94. The molecule has 6 nitrogen and oxygen atoms in total. The lowest BCUT2D eigenvalue weighted by Gasteiger charge is -2.02. The van der Waals surface area contributed by atoms with Gasteiger partial charge in [0, 0.05) is 0 Å². The molecule has 0 unspecified atom stereocenters. The van der Waals surface area contributed by atoms with Gasteiger partial charge in [-0.15, -0.1) is 5.10 Å². The first-order valence-electron chi connectivity index (χ1n) is 6.35. The smallest absolute Gasteiger partial charge is 0.413 e. The number of thioether (sulfide) groups is 1. The van der Waals surface area contributed by atoms with Gasteiger partial charge in [0.2, 0.25) is 5.91 Å². The Morgan fingerprint density at radius 3 is 2.82 bits per heavy atom. The molecule has 0 atom stereocenters. The van der Waals surface area contributed by atoms with E-state index < -0.39 is 12.0 Å². The molecule has 2 amide bonds. The summed E-state index contributed by atoms with van der Waals surface area (Å²) in [6.07, 6.45) is -0.740. The molecule has 0 aliphatic rings. The molecule has 0 radical (unpaired) electrons. The van der Waals surface area contributed by atoms with Crippen molar-refractivity contribution >= 4 is 47.3 Å². The number of carbonyl (C=O) groups excluding carboxylic acids is 2. The Hall–Kier alpha value is -1.71. The van der Waals surface area contributed by atoms with Crippen LogP contribution in [0.25, 0.3) is 5.69 Å². The van der Waals surface area contributed by atoms with Crippen molar-refractivity contribution in [2.45, 2.75) is 11.3 Å². The van der Waals surface area contributed by atoms with E-state index in [1.54, 1.807) is 11.6 Å². The molecule has 0 aliphatic heterocycles. The van der Waals surface area contributed by atoms with E-state index >= 15 is 0 Å². The lowest BCUT2D eigenvalue weighted by Crippen LogP contribution is -2.32. The number of aromatic nitrogens is 2. The van der Waals surface area contributed by atoms with Gasteiger partial charge in [-0.25, -0.2) is 9.48 Å². The topological polar surface area (TPSA) is 73.2 Å². The van der Waals surface area contributed by atoms with Gasteiger partial charge in [-0.1, -0.05) is 41.3 Å². The van der Waals surface area contributed by atoms with Crippen LogP contribution in [0.2, 0.25) is 0 Å². The summed E-state index contributed by atoms with van der Waals surface area (Å²) in [4.78, 5) is 22.7. The largest absolute Gasteiger partial charge is 0.450 e. The van der Waals surface area contributed by atoms with Crippen molar-refractivity contribution in [3.8, 4) is 5.69 Å². The lowest BCUT2D eigenvalue weighted by atomic mass is 10.3. The Bertz CT molecular complexity index is 712. The first-order chi connectivity index (χ1) is 10.6. The SMILES string of the molecule is CCOC(=O)NC(=O)CSc1nn(-c2ccccc2)c(=S)s1. The van der Waals surface area contributed by atoms with Crippen molar-refractivity contribution < 1.29 is 14.3 Å². The van der Waals surface area contributed by atoms with Gasteiger partial charge in [0.05, 0.1) is 18.0 Å². The minimum Gasteiger partial charge on any atom is -0.450 e. The third-order valence-corrected chi connectivity index (χ3v) is 4.74. The fourth-order valence-electron chi connectivity index (χ4n) is 1.50. The van der Waals surface area contributed by atoms with E-state index in [1.807, 2.05) is 30.3 Å². The van der Waals surface area contributed by atoms with E-state index in [-0.39, 0.29) is 12.4 Å². The molecular weight excluding hydrogens is 342 g/mol. The number of nitrogens with one attached hydrogen (secondary N) is 1. The second kappa shape index (κ2) is 8.06. The summed E-state index contributed by atoms with van der Waals surface area (Å²) in [5.74, 6) is -0.369. The number of ether oxygens (including phenoxy) is 1. The number of benzene rings is 1. The highest BCUT2D eigenvalue weighted by atomic mass is 32.2. The molecule has 0 fully saturated rings. The number of nitrogens with zero attached hydrogens (tertiary/aromatic N) is 2. The van der Waals surface area contributed by atoms with Crippen LogP contribution in [0.5, 0.6) is 0 Å². The number of imide groups is 1. The summed E-state index contributed by atoms with van der Waals surface area (Å²) in [7, 11) is 0. The van der Waals surface area contributed by atoms with Crippen LogP contribution in [0.1, 0.15) is 6.92 Å². The number of hydrogen-bond acceptors (Lipinski definition) is 7. The number of carbonyl (C=O) groups is 2. The monoisotopic (exact) mass is 355 g/mol. The standard InChI is InChI=1S/C13H13N3O3S3/c1-2-19-11(18)14-10(17)8-21-12-15-16(13(20)22-12)9-6-4-3-5-7-9/h3-7H,2,8H2,1H3,(H,14,17,18). The molecule has 0 bridgehead atoms. The first kappa shape index (κ1) is 16.7. The van der Waals surface area contributed by atoms with Gasteiger partial charge in [0.15, 0.2) is 8.29 Å². The molecule has 0 spiro atoms. The molecular formula is C13H13N3O3S3. The van der Waals surface area contributed by atoms with Crippen LogP contribution in [0.4, 0.5) is 4.79 Å². The van der Waals surface area contributed by atoms with Crippen LogP contribution in [-0.2, 0) is 9.53 Å². The Kier molecular flexibility index (Phi) is 6.10. The van der Waals surface area contributed by atoms with Crippen molar-refractivity contribution in [3.63, 3.8) is 0 Å². The van der Waals surface area contributed by atoms with Crippen LogP contribution in [0.15, 0.2) is 34.7 Å². The van der Waals surface area contributed by atoms with Gasteiger partial charge < -0.3 is 4.74 Å². The molecule has 2 aromatic rings. The maximum atomic E-state index is 11.6. The summed E-state index contributed by atoms with van der Waals surface area (Å²) >= 11 is 7.80. The van der Waals surface area contributed by atoms with Gasteiger partial charge in [-0.3, -0.25) is 10.1 Å². The summed E-state index contributed by atoms with van der Waals surface area (Å²) in [6, 6.07) is 9.51. The van der Waals surface area contributed by atoms with E-state index in [2.05, 4.69) is 15.2 Å². The highest BCUT2D eigenvalue weighted by molar-refractivity contribution is 8.01. The van der Waals surface area contributed by atoms with E-state index in [1.165, 1.54) is 23.1 Å². The van der Waals surface area contributed by atoms with E-state index in [0.717, 1.165) is 5.69 Å². The zero-order valence-corrected chi connectivity index (χ0v) is 14.1. The Labute approximate surface area is 140 Å². The molecule has 22 heavy (non-hydrogen) atoms. The molecule has 1 N–H and O–H groups in total. The fourth-order valence-corrected chi connectivity index (χ4v) is 3.66. The number of alkyl carbamates (subject to hydrolysis) is 1. The van der Waals surface area contributed by atoms with Gasteiger partial charge >= 0.3 is 6.09 Å². The zero-order valence-electron chi connectivity index (χ0n) is 11.6. The maximum absolute atomic E-state index is 11.6. The molecule has 0 saturated carbocycles. The Morgan fingerprint density at radius 1 is 1.41 bits per heavy atom. The minimum atomic E-state index is -0.740. The number of para-hydroxylation sites is 1. The summed E-state index contributed by atoms with van der Waals surface area (Å²) in [6.45, 7) is 1.89. The molecule has 1 aromatic heterocycles. The van der Waals surface area contributed by atoms with Gasteiger partial charge in [0.1, 0.15) is 0 Å². The third kappa shape index (κ3) is 4.65. The number of amides is 2. The molecule has 1 heterocycles. The molecule has 116 valence electrons. The van der Waals surface area contributed by atoms with E-state index in [4.69, 9.17) is 12.2 Å². The molecule has 0 aliphatic carbocycles. The van der Waals surface area contributed by atoms with Crippen LogP contribution >= 0.6 is 35.3 Å². The van der Waals surface area contributed by atoms with Crippen LogP contribution < -0.4 is 5.32 Å². The normalized spacial score (nSPS) is 10.2. The highest BCUT2D eigenvalue weighted by Crippen LogP contribution is 2.23. The van der Waals surface area contributed by atoms with Gasteiger partial charge in [-0.05, 0) is 31.3 Å². The van der Waals surface area contributed by atoms with Crippen molar-refractivity contribution in [2.24, 2.45) is 0 Å². The lowest BCUT2D eigenvalue weighted by molar-refractivity contribution is -0.117. The predicted octanol–water partition coefficient (Wildman–Crippen LogP) is 3.03.